The van der Waals surface area contributed by atoms with Gasteiger partial charge >= 0.3 is 0 Å². The molecule has 2 rings (SSSR count). The van der Waals surface area contributed by atoms with E-state index in [1.54, 1.807) is 0 Å². The summed E-state index contributed by atoms with van der Waals surface area (Å²) in [5.41, 5.74) is 9.16. The molecule has 0 bridgehead atoms. The molecule has 0 saturated carbocycles. The number of benzene rings is 1. The van der Waals surface area contributed by atoms with Crippen molar-refractivity contribution in [3.05, 3.63) is 48.8 Å². The molecule has 2 aromatic rings. The van der Waals surface area contributed by atoms with E-state index in [1.807, 2.05) is 36.9 Å². The highest BCUT2D eigenvalue weighted by molar-refractivity contribution is 14.1. The average molecular weight is 424 g/mol. The van der Waals surface area contributed by atoms with Crippen molar-refractivity contribution in [3.63, 3.8) is 0 Å². The highest BCUT2D eigenvalue weighted by Gasteiger charge is 2.17. The standard InChI is InChI=1S/C14H16Cl2IN3/c1-3-12-14(16)13(20(2)19-12)7-11(18)8-4-5-10(17)9(15)6-8/h4-6,11H,3,7,18H2,1-2H3. The first-order valence-electron chi connectivity index (χ1n) is 6.34. The SMILES string of the molecule is CCc1nn(C)c(CC(N)c2ccc(I)c(Cl)c2)c1Cl. The fourth-order valence-corrected chi connectivity index (χ4v) is 3.01. The summed E-state index contributed by atoms with van der Waals surface area (Å²) in [5, 5.41) is 5.86. The molecule has 1 heterocycles. The average Bonchev–Trinajstić information content (AvgIpc) is 2.69. The van der Waals surface area contributed by atoms with E-state index in [1.165, 1.54) is 0 Å². The number of aromatic nitrogens is 2. The van der Waals surface area contributed by atoms with E-state index >= 15 is 0 Å². The maximum Gasteiger partial charge on any atom is 0.0850 e. The van der Waals surface area contributed by atoms with Gasteiger partial charge in [-0.15, -0.1) is 0 Å². The van der Waals surface area contributed by atoms with E-state index in [0.29, 0.717) is 6.42 Å². The molecule has 1 aromatic carbocycles. The van der Waals surface area contributed by atoms with Crippen LogP contribution in [-0.4, -0.2) is 9.78 Å². The number of nitrogens with two attached hydrogens (primary N) is 1. The zero-order valence-electron chi connectivity index (χ0n) is 11.3. The quantitative estimate of drug-likeness (QED) is 0.751. The van der Waals surface area contributed by atoms with Crippen molar-refractivity contribution < 1.29 is 0 Å². The molecule has 2 N–H and O–H groups in total. The van der Waals surface area contributed by atoms with Crippen molar-refractivity contribution in [1.82, 2.24) is 9.78 Å². The molecule has 1 atom stereocenters. The molecule has 0 aliphatic heterocycles. The van der Waals surface area contributed by atoms with Gasteiger partial charge in [-0.05, 0) is 46.7 Å². The van der Waals surface area contributed by atoms with Gasteiger partial charge in [0.15, 0.2) is 0 Å². The Morgan fingerprint density at radius 1 is 1.40 bits per heavy atom. The molecule has 0 fully saturated rings. The highest BCUT2D eigenvalue weighted by Crippen LogP contribution is 2.27. The Hall–Kier alpha value is -0.300. The van der Waals surface area contributed by atoms with E-state index in [2.05, 4.69) is 27.7 Å². The predicted molar refractivity (Wildman–Crippen MR) is 92.4 cm³/mol. The fourth-order valence-electron chi connectivity index (χ4n) is 2.11. The maximum absolute atomic E-state index is 6.35. The minimum atomic E-state index is -0.151. The van der Waals surface area contributed by atoms with Crippen LogP contribution in [0.2, 0.25) is 10.0 Å². The third kappa shape index (κ3) is 3.30. The maximum atomic E-state index is 6.35. The number of hydrogen-bond acceptors (Lipinski definition) is 2. The second-order valence-corrected chi connectivity index (χ2v) is 6.62. The summed E-state index contributed by atoms with van der Waals surface area (Å²) in [6.07, 6.45) is 1.45. The first kappa shape index (κ1) is 16.1. The number of nitrogens with zero attached hydrogens (tertiary/aromatic N) is 2. The van der Waals surface area contributed by atoms with Crippen molar-refractivity contribution >= 4 is 45.8 Å². The lowest BCUT2D eigenvalue weighted by Crippen LogP contribution is -2.15. The topological polar surface area (TPSA) is 43.8 Å². The van der Waals surface area contributed by atoms with Gasteiger partial charge in [0.1, 0.15) is 0 Å². The van der Waals surface area contributed by atoms with Crippen LogP contribution in [0.4, 0.5) is 0 Å². The van der Waals surface area contributed by atoms with Crippen molar-refractivity contribution in [1.29, 1.82) is 0 Å². The molecule has 108 valence electrons. The molecule has 0 spiro atoms. The van der Waals surface area contributed by atoms with Gasteiger partial charge < -0.3 is 5.73 Å². The minimum Gasteiger partial charge on any atom is -0.324 e. The molecule has 6 heteroatoms. The molecule has 0 aliphatic rings. The van der Waals surface area contributed by atoms with Crippen LogP contribution in [0.3, 0.4) is 0 Å². The van der Waals surface area contributed by atoms with Crippen molar-refractivity contribution in [3.8, 4) is 0 Å². The van der Waals surface area contributed by atoms with Gasteiger partial charge in [0.25, 0.3) is 0 Å². The van der Waals surface area contributed by atoms with E-state index in [-0.39, 0.29) is 6.04 Å². The molecular weight excluding hydrogens is 408 g/mol. The van der Waals surface area contributed by atoms with E-state index in [4.69, 9.17) is 28.9 Å². The van der Waals surface area contributed by atoms with Crippen molar-refractivity contribution in [2.24, 2.45) is 12.8 Å². The van der Waals surface area contributed by atoms with Crippen LogP contribution < -0.4 is 5.73 Å². The molecule has 0 amide bonds. The van der Waals surface area contributed by atoms with Crippen LogP contribution in [0, 0.1) is 3.57 Å². The molecule has 0 saturated heterocycles. The first-order chi connectivity index (χ1) is 9.43. The monoisotopic (exact) mass is 423 g/mol. The van der Waals surface area contributed by atoms with Crippen LogP contribution in [0.25, 0.3) is 0 Å². The molecule has 20 heavy (non-hydrogen) atoms. The van der Waals surface area contributed by atoms with Gasteiger partial charge in [0, 0.05) is 23.1 Å². The summed E-state index contributed by atoms with van der Waals surface area (Å²) in [6.45, 7) is 2.04. The third-order valence-electron chi connectivity index (χ3n) is 3.29. The zero-order valence-corrected chi connectivity index (χ0v) is 15.0. The van der Waals surface area contributed by atoms with Gasteiger partial charge in [-0.3, -0.25) is 4.68 Å². The van der Waals surface area contributed by atoms with Crippen LogP contribution in [0.1, 0.15) is 29.9 Å². The number of halogens is 3. The Labute approximate surface area is 142 Å². The lowest BCUT2D eigenvalue weighted by Gasteiger charge is -2.13. The van der Waals surface area contributed by atoms with Crippen LogP contribution >= 0.6 is 45.8 Å². The Morgan fingerprint density at radius 3 is 2.65 bits per heavy atom. The van der Waals surface area contributed by atoms with Crippen LogP contribution in [-0.2, 0) is 19.9 Å². The highest BCUT2D eigenvalue weighted by atomic mass is 127. The molecule has 1 unspecified atom stereocenters. The van der Waals surface area contributed by atoms with Gasteiger partial charge in [0.05, 0.1) is 21.4 Å². The molecule has 3 nitrogen and oxygen atoms in total. The summed E-state index contributed by atoms with van der Waals surface area (Å²) in [4.78, 5) is 0. The smallest absolute Gasteiger partial charge is 0.0850 e. The fraction of sp³-hybridized carbons (Fsp3) is 0.357. The van der Waals surface area contributed by atoms with Gasteiger partial charge in [-0.2, -0.15) is 5.10 Å². The Morgan fingerprint density at radius 2 is 2.10 bits per heavy atom. The second kappa shape index (κ2) is 6.64. The summed E-state index contributed by atoms with van der Waals surface area (Å²) < 4.78 is 2.84. The van der Waals surface area contributed by atoms with E-state index in [9.17, 15) is 0 Å². The zero-order chi connectivity index (χ0) is 14.9. The molecular formula is C14H16Cl2IN3. The molecule has 0 radical (unpaired) electrons. The van der Waals surface area contributed by atoms with Crippen LogP contribution in [0.15, 0.2) is 18.2 Å². The number of aryl methyl sites for hydroxylation is 2. The minimum absolute atomic E-state index is 0.151. The van der Waals surface area contributed by atoms with Crippen molar-refractivity contribution in [2.45, 2.75) is 25.8 Å². The molecule has 0 aliphatic carbocycles. The predicted octanol–water partition coefficient (Wildman–Crippen LogP) is 4.14. The number of rotatable bonds is 4. The normalized spacial score (nSPS) is 12.7. The van der Waals surface area contributed by atoms with E-state index < -0.39 is 0 Å². The second-order valence-electron chi connectivity index (χ2n) is 4.67. The Bertz CT molecular complexity index is 625. The third-order valence-corrected chi connectivity index (χ3v) is 5.30. The Balaban J connectivity index is 2.25. The largest absolute Gasteiger partial charge is 0.324 e. The molecule has 1 aromatic heterocycles. The van der Waals surface area contributed by atoms with E-state index in [0.717, 1.165) is 37.0 Å². The van der Waals surface area contributed by atoms with Gasteiger partial charge in [0.2, 0.25) is 0 Å². The summed E-state index contributed by atoms with van der Waals surface area (Å²) >= 11 is 14.7. The summed E-state index contributed by atoms with van der Waals surface area (Å²) in [6, 6.07) is 5.74. The summed E-state index contributed by atoms with van der Waals surface area (Å²) in [5.74, 6) is 0. The first-order valence-corrected chi connectivity index (χ1v) is 8.18. The van der Waals surface area contributed by atoms with Gasteiger partial charge in [-0.25, -0.2) is 0 Å². The van der Waals surface area contributed by atoms with Gasteiger partial charge in [-0.1, -0.05) is 36.2 Å². The summed E-state index contributed by atoms with van der Waals surface area (Å²) in [7, 11) is 1.90. The van der Waals surface area contributed by atoms with Crippen molar-refractivity contribution in [2.75, 3.05) is 0 Å². The Kier molecular flexibility index (Phi) is 5.34. The lowest BCUT2D eigenvalue weighted by molar-refractivity contribution is 0.638. The number of hydrogen-bond donors (Lipinski definition) is 1. The lowest BCUT2D eigenvalue weighted by atomic mass is 10.0. The van der Waals surface area contributed by atoms with Crippen LogP contribution in [0.5, 0.6) is 0 Å².